The van der Waals surface area contributed by atoms with Crippen LogP contribution >= 0.6 is 0 Å². The highest BCUT2D eigenvalue weighted by molar-refractivity contribution is 6.33. The number of aryl methyl sites for hydroxylation is 2. The number of furan rings is 2. The van der Waals surface area contributed by atoms with Crippen LogP contribution < -0.4 is 5.46 Å². The van der Waals surface area contributed by atoms with Crippen LogP contribution in [0.3, 0.4) is 0 Å². The molecule has 11 rings (SSSR count). The maximum Gasteiger partial charge on any atom is 0.227 e. The summed E-state index contributed by atoms with van der Waals surface area (Å²) in [5.41, 5.74) is 18.4. The van der Waals surface area contributed by atoms with Gasteiger partial charge in [-0.05, 0) is 102 Å². The molecule has 0 saturated heterocycles. The van der Waals surface area contributed by atoms with E-state index in [0.29, 0.717) is 11.4 Å². The highest BCUT2D eigenvalue weighted by Crippen LogP contribution is 2.40. The van der Waals surface area contributed by atoms with E-state index in [0.717, 1.165) is 111 Å². The molecule has 0 atom stereocenters. The number of hydrogen-bond acceptors (Lipinski definition) is 6. The number of para-hydroxylation sites is 2. The minimum Gasteiger partial charge on any atom is -0.437 e. The molecule has 59 heavy (non-hydrogen) atoms. The third kappa shape index (κ3) is 5.98. The van der Waals surface area contributed by atoms with Gasteiger partial charge in [-0.2, -0.15) is 0 Å². The molecule has 0 radical (unpaired) electrons. The van der Waals surface area contributed by atoms with Gasteiger partial charge in [-0.1, -0.05) is 103 Å². The molecule has 0 amide bonds. The largest absolute Gasteiger partial charge is 0.437 e. The van der Waals surface area contributed by atoms with Gasteiger partial charge in [0.2, 0.25) is 11.4 Å². The van der Waals surface area contributed by atoms with Crippen molar-refractivity contribution in [1.82, 2.24) is 19.9 Å². The molecule has 0 aliphatic rings. The van der Waals surface area contributed by atoms with E-state index in [1.165, 1.54) is 5.46 Å². The smallest absolute Gasteiger partial charge is 0.227 e. The molecule has 0 saturated carbocycles. The molecule has 0 spiro atoms. The van der Waals surface area contributed by atoms with Crippen molar-refractivity contribution in [2.24, 2.45) is 0 Å². The fraction of sp³-hybridized carbons (Fsp3) is 0.0385. The van der Waals surface area contributed by atoms with E-state index in [9.17, 15) is 0 Å². The number of rotatable bonds is 6. The molecule has 278 valence electrons. The van der Waals surface area contributed by atoms with Crippen molar-refractivity contribution in [3.63, 3.8) is 0 Å². The van der Waals surface area contributed by atoms with Crippen LogP contribution in [-0.2, 0) is 0 Å². The Morgan fingerprint density at radius 1 is 0.390 bits per heavy atom. The average Bonchev–Trinajstić information content (AvgIpc) is 3.84. The molecule has 6 aromatic heterocycles. The zero-order chi connectivity index (χ0) is 39.6. The van der Waals surface area contributed by atoms with Crippen LogP contribution in [0.15, 0.2) is 173 Å². The second-order valence-electron chi connectivity index (χ2n) is 15.2. The van der Waals surface area contributed by atoms with Crippen LogP contribution in [-0.4, -0.2) is 27.8 Å². The lowest BCUT2D eigenvalue weighted by atomic mass is 9.85. The van der Waals surface area contributed by atoms with Crippen molar-refractivity contribution >= 4 is 57.4 Å². The summed E-state index contributed by atoms with van der Waals surface area (Å²) in [6.45, 7) is 3.95. The maximum atomic E-state index is 6.30. The Bertz CT molecular complexity index is 3200. The van der Waals surface area contributed by atoms with E-state index in [-0.39, 0.29) is 0 Å². The van der Waals surface area contributed by atoms with E-state index >= 15 is 0 Å². The number of hydrogen-bond donors (Lipinski definition) is 0. The Balaban J connectivity index is 0.932. The van der Waals surface area contributed by atoms with Crippen LogP contribution in [0.1, 0.15) is 11.4 Å². The lowest BCUT2D eigenvalue weighted by Crippen LogP contribution is -2.03. The SMILES string of the molecule is Bc1cc(-c2ccccc2-c2ccc(-c3cccc4c3oc3nc(C)ccc34)nc2)cc(-c2ccccc2-c2ccc(-c3cccc4c3oc3nc(C)ccc34)nc2)c1. The van der Waals surface area contributed by atoms with Crippen LogP contribution in [0, 0.1) is 13.8 Å². The summed E-state index contributed by atoms with van der Waals surface area (Å²) in [7, 11) is 2.16. The molecular weight excluding hydrogens is 723 g/mol. The molecule has 0 aliphatic heterocycles. The molecule has 0 unspecified atom stereocenters. The zero-order valence-electron chi connectivity index (χ0n) is 32.7. The lowest BCUT2D eigenvalue weighted by molar-refractivity contribution is 0.653. The van der Waals surface area contributed by atoms with Gasteiger partial charge in [0, 0.05) is 67.6 Å². The maximum absolute atomic E-state index is 6.30. The van der Waals surface area contributed by atoms with Gasteiger partial charge in [0.1, 0.15) is 19.0 Å². The number of pyridine rings is 4. The first-order valence-electron chi connectivity index (χ1n) is 19.8. The van der Waals surface area contributed by atoms with Crippen molar-refractivity contribution in [1.29, 1.82) is 0 Å². The Morgan fingerprint density at radius 2 is 0.814 bits per heavy atom. The molecule has 5 aromatic carbocycles. The standard InChI is InChI=1S/C52H35BN4O2/c1-30-17-21-43-41-13-7-15-45(49(41)58-51(43)56-30)47-23-19-32(28-54-47)37-9-3-5-11-39(37)34-25-35(27-36(53)26-34)40-12-6-4-10-38(40)33-20-24-48(55-29-33)46-16-8-14-42-44-22-18-31(2)57-52(44)59-50(42)46/h3-29H,53H2,1-2H3. The van der Waals surface area contributed by atoms with Crippen molar-refractivity contribution in [3.05, 3.63) is 175 Å². The van der Waals surface area contributed by atoms with Crippen molar-refractivity contribution in [3.8, 4) is 67.0 Å². The molecule has 7 heteroatoms. The van der Waals surface area contributed by atoms with Gasteiger partial charge in [0.25, 0.3) is 0 Å². The summed E-state index contributed by atoms with van der Waals surface area (Å²) in [5, 5.41) is 4.09. The monoisotopic (exact) mass is 758 g/mol. The number of nitrogens with zero attached hydrogens (tertiary/aromatic N) is 4. The molecule has 6 heterocycles. The Hall–Kier alpha value is -7.64. The van der Waals surface area contributed by atoms with Crippen LogP contribution in [0.25, 0.3) is 111 Å². The second kappa shape index (κ2) is 13.8. The van der Waals surface area contributed by atoms with Crippen LogP contribution in [0.2, 0.25) is 0 Å². The molecule has 0 N–H and O–H groups in total. The molecule has 0 aliphatic carbocycles. The van der Waals surface area contributed by atoms with E-state index in [2.05, 4.69) is 157 Å². The second-order valence-corrected chi connectivity index (χ2v) is 15.2. The summed E-state index contributed by atoms with van der Waals surface area (Å²) < 4.78 is 12.6. The van der Waals surface area contributed by atoms with Gasteiger partial charge < -0.3 is 8.83 Å². The van der Waals surface area contributed by atoms with Crippen molar-refractivity contribution in [2.75, 3.05) is 0 Å². The first-order chi connectivity index (χ1) is 28.9. The molecule has 0 bridgehead atoms. The van der Waals surface area contributed by atoms with Gasteiger partial charge in [0.15, 0.2) is 0 Å². The van der Waals surface area contributed by atoms with E-state index < -0.39 is 0 Å². The van der Waals surface area contributed by atoms with Gasteiger partial charge in [-0.3, -0.25) is 9.97 Å². The summed E-state index contributed by atoms with van der Waals surface area (Å²) in [6, 6.07) is 53.0. The molecular formula is C52H35BN4O2. The number of aromatic nitrogens is 4. The topological polar surface area (TPSA) is 77.8 Å². The molecule has 0 fully saturated rings. The summed E-state index contributed by atoms with van der Waals surface area (Å²) in [5.74, 6) is 0. The summed E-state index contributed by atoms with van der Waals surface area (Å²) in [4.78, 5) is 19.2. The van der Waals surface area contributed by atoms with E-state index in [1.54, 1.807) is 0 Å². The minimum absolute atomic E-state index is 0.647. The quantitative estimate of drug-likeness (QED) is 0.157. The first-order valence-corrected chi connectivity index (χ1v) is 19.8. The van der Waals surface area contributed by atoms with Gasteiger partial charge in [-0.15, -0.1) is 0 Å². The lowest BCUT2D eigenvalue weighted by Gasteiger charge is -2.15. The van der Waals surface area contributed by atoms with Crippen molar-refractivity contribution in [2.45, 2.75) is 13.8 Å². The normalized spacial score (nSPS) is 11.6. The fourth-order valence-corrected chi connectivity index (χ4v) is 8.44. The number of benzene rings is 5. The van der Waals surface area contributed by atoms with Gasteiger partial charge in [0.05, 0.1) is 11.4 Å². The van der Waals surface area contributed by atoms with Crippen molar-refractivity contribution < 1.29 is 8.83 Å². The van der Waals surface area contributed by atoms with Crippen LogP contribution in [0.5, 0.6) is 0 Å². The Morgan fingerprint density at radius 3 is 1.24 bits per heavy atom. The molecule has 6 nitrogen and oxygen atoms in total. The predicted molar refractivity (Wildman–Crippen MR) is 242 cm³/mol. The number of fused-ring (bicyclic) bond motifs is 6. The average molecular weight is 759 g/mol. The van der Waals surface area contributed by atoms with E-state index in [1.807, 2.05) is 38.4 Å². The third-order valence-electron chi connectivity index (χ3n) is 11.3. The Labute approximate surface area is 341 Å². The molecule has 11 aromatic rings. The zero-order valence-corrected chi connectivity index (χ0v) is 32.7. The van der Waals surface area contributed by atoms with Crippen LogP contribution in [0.4, 0.5) is 0 Å². The third-order valence-corrected chi connectivity index (χ3v) is 11.3. The van der Waals surface area contributed by atoms with Gasteiger partial charge >= 0.3 is 0 Å². The predicted octanol–water partition coefficient (Wildman–Crippen LogP) is 11.9. The summed E-state index contributed by atoms with van der Waals surface area (Å²) >= 11 is 0. The van der Waals surface area contributed by atoms with Gasteiger partial charge in [-0.25, -0.2) is 9.97 Å². The first kappa shape index (κ1) is 34.6. The summed E-state index contributed by atoms with van der Waals surface area (Å²) in [6.07, 6.45) is 3.93. The highest BCUT2D eigenvalue weighted by Gasteiger charge is 2.18. The van der Waals surface area contributed by atoms with E-state index in [4.69, 9.17) is 18.8 Å². The minimum atomic E-state index is 0.647. The fourth-order valence-electron chi connectivity index (χ4n) is 8.44. The Kier molecular flexibility index (Phi) is 8.08. The highest BCUT2D eigenvalue weighted by atomic mass is 16.3.